The van der Waals surface area contributed by atoms with E-state index in [9.17, 15) is 9.59 Å². The Kier molecular flexibility index (Phi) is 4.41. The van der Waals surface area contributed by atoms with Gasteiger partial charge in [0.2, 0.25) is 0 Å². The summed E-state index contributed by atoms with van der Waals surface area (Å²) in [6.07, 6.45) is -1.16. The van der Waals surface area contributed by atoms with Crippen molar-refractivity contribution in [3.8, 4) is 0 Å². The molecule has 2 amide bonds. The van der Waals surface area contributed by atoms with E-state index in [-0.39, 0.29) is 11.0 Å². The van der Waals surface area contributed by atoms with Gasteiger partial charge in [0.25, 0.3) is 5.91 Å². The number of aromatic nitrogens is 1. The lowest BCUT2D eigenvalue weighted by molar-refractivity contribution is 0.102. The zero-order chi connectivity index (χ0) is 18.1. The van der Waals surface area contributed by atoms with E-state index in [1.165, 1.54) is 11.3 Å². The average Bonchev–Trinajstić information content (AvgIpc) is 2.90. The van der Waals surface area contributed by atoms with Crippen molar-refractivity contribution in [3.05, 3.63) is 52.6 Å². The number of nitrogens with one attached hydrogen (secondary N) is 2. The van der Waals surface area contributed by atoms with E-state index in [0.29, 0.717) is 11.1 Å². The molecular formula is C18H17N3O3S. The Bertz CT molecular complexity index is 971. The van der Waals surface area contributed by atoms with Gasteiger partial charge in [-0.2, -0.15) is 0 Å². The molecule has 1 heterocycles. The van der Waals surface area contributed by atoms with E-state index >= 15 is 0 Å². The van der Waals surface area contributed by atoms with Crippen LogP contribution in [0.2, 0.25) is 0 Å². The lowest BCUT2D eigenvalue weighted by Crippen LogP contribution is -2.13. The minimum atomic E-state index is -1.16. The number of thiazole rings is 1. The molecule has 1 aromatic heterocycles. The summed E-state index contributed by atoms with van der Waals surface area (Å²) in [5, 5.41) is 14.2. The number of hydrogen-bond acceptors (Lipinski definition) is 4. The van der Waals surface area contributed by atoms with E-state index in [1.54, 1.807) is 18.2 Å². The molecule has 3 rings (SSSR count). The first kappa shape index (κ1) is 16.9. The fourth-order valence-electron chi connectivity index (χ4n) is 2.77. The molecule has 0 saturated heterocycles. The summed E-state index contributed by atoms with van der Waals surface area (Å²) in [6, 6.07) is 9.16. The smallest absolute Gasteiger partial charge is 0.410 e. The molecule has 0 aliphatic carbocycles. The highest BCUT2D eigenvalue weighted by Crippen LogP contribution is 2.28. The van der Waals surface area contributed by atoms with E-state index in [0.717, 1.165) is 27.1 Å². The molecule has 3 aromatic rings. The fraction of sp³-hybridized carbons (Fsp3) is 0.167. The first-order valence-corrected chi connectivity index (χ1v) is 8.45. The Morgan fingerprint density at radius 1 is 1.04 bits per heavy atom. The summed E-state index contributed by atoms with van der Waals surface area (Å²) in [5.74, 6) is -0.210. The van der Waals surface area contributed by atoms with Gasteiger partial charge in [-0.05, 0) is 50.1 Å². The highest BCUT2D eigenvalue weighted by atomic mass is 32.1. The largest absolute Gasteiger partial charge is 0.465 e. The van der Waals surface area contributed by atoms with Crippen LogP contribution in [0.15, 0.2) is 30.3 Å². The maximum absolute atomic E-state index is 12.6. The van der Waals surface area contributed by atoms with E-state index in [1.807, 2.05) is 32.9 Å². The van der Waals surface area contributed by atoms with Crippen molar-refractivity contribution in [2.45, 2.75) is 20.8 Å². The van der Waals surface area contributed by atoms with Crippen molar-refractivity contribution in [2.75, 3.05) is 10.6 Å². The molecule has 0 bridgehead atoms. The summed E-state index contributed by atoms with van der Waals surface area (Å²) < 4.78 is 0.744. The maximum Gasteiger partial charge on any atom is 0.410 e. The zero-order valence-electron chi connectivity index (χ0n) is 14.0. The minimum absolute atomic E-state index is 0.210. The van der Waals surface area contributed by atoms with E-state index in [2.05, 4.69) is 15.6 Å². The number of rotatable bonds is 3. The van der Waals surface area contributed by atoms with Gasteiger partial charge < -0.3 is 10.4 Å². The van der Waals surface area contributed by atoms with Gasteiger partial charge in [-0.25, -0.2) is 9.78 Å². The van der Waals surface area contributed by atoms with Crippen LogP contribution in [0.1, 0.15) is 27.0 Å². The number of nitrogens with zero attached hydrogens (tertiary/aromatic N) is 1. The van der Waals surface area contributed by atoms with Crippen molar-refractivity contribution in [1.82, 2.24) is 4.98 Å². The standard InChI is InChI=1S/C18H17N3O3S/c1-9-6-10(2)15(11(3)7-9)20-16(22)12-4-5-13-14(8-12)25-17(19-13)21-18(23)24/h4-8H,1-3H3,(H,19,21)(H,20,22)(H,23,24). The number of fused-ring (bicyclic) bond motifs is 1. The number of anilines is 2. The molecule has 25 heavy (non-hydrogen) atoms. The maximum atomic E-state index is 12.6. The van der Waals surface area contributed by atoms with E-state index < -0.39 is 6.09 Å². The predicted molar refractivity (Wildman–Crippen MR) is 99.9 cm³/mol. The Labute approximate surface area is 148 Å². The van der Waals surface area contributed by atoms with Gasteiger partial charge in [-0.3, -0.25) is 10.1 Å². The fourth-order valence-corrected chi connectivity index (χ4v) is 3.67. The second kappa shape index (κ2) is 6.52. The van der Waals surface area contributed by atoms with Gasteiger partial charge in [-0.15, -0.1) is 0 Å². The van der Waals surface area contributed by atoms with Crippen LogP contribution in [0.4, 0.5) is 15.6 Å². The topological polar surface area (TPSA) is 91.3 Å². The number of hydrogen-bond donors (Lipinski definition) is 3. The quantitative estimate of drug-likeness (QED) is 0.642. The zero-order valence-corrected chi connectivity index (χ0v) is 14.8. The number of carboxylic acid groups (broad SMARTS) is 1. The van der Waals surface area contributed by atoms with Gasteiger partial charge in [-0.1, -0.05) is 29.0 Å². The normalized spacial score (nSPS) is 10.7. The molecule has 0 atom stereocenters. The van der Waals surface area contributed by atoms with Gasteiger partial charge in [0, 0.05) is 11.3 Å². The number of aryl methyl sites for hydroxylation is 3. The predicted octanol–water partition coefficient (Wildman–Crippen LogP) is 4.56. The van der Waals surface area contributed by atoms with E-state index in [4.69, 9.17) is 5.11 Å². The molecule has 0 saturated carbocycles. The van der Waals surface area contributed by atoms with Gasteiger partial charge in [0.1, 0.15) is 0 Å². The molecule has 0 aliphatic rings. The molecular weight excluding hydrogens is 338 g/mol. The second-order valence-electron chi connectivity index (χ2n) is 5.86. The molecule has 0 radical (unpaired) electrons. The molecule has 0 aliphatic heterocycles. The van der Waals surface area contributed by atoms with Crippen LogP contribution in [-0.2, 0) is 0 Å². The number of amides is 2. The summed E-state index contributed by atoms with van der Waals surface area (Å²) in [6.45, 7) is 5.95. The van der Waals surface area contributed by atoms with Gasteiger partial charge in [0.15, 0.2) is 5.13 Å². The third kappa shape index (κ3) is 3.61. The molecule has 3 N–H and O–H groups in total. The Balaban J connectivity index is 1.88. The highest BCUT2D eigenvalue weighted by Gasteiger charge is 2.13. The van der Waals surface area contributed by atoms with Crippen LogP contribution in [0.25, 0.3) is 10.2 Å². The number of benzene rings is 2. The second-order valence-corrected chi connectivity index (χ2v) is 6.89. The third-order valence-electron chi connectivity index (χ3n) is 3.78. The molecule has 0 fully saturated rings. The SMILES string of the molecule is Cc1cc(C)c(NC(=O)c2ccc3nc(NC(=O)O)sc3c2)c(C)c1. The van der Waals surface area contributed by atoms with Crippen LogP contribution in [0.3, 0.4) is 0 Å². The van der Waals surface area contributed by atoms with Crippen molar-refractivity contribution < 1.29 is 14.7 Å². The summed E-state index contributed by atoms with van der Waals surface area (Å²) in [5.41, 5.74) is 5.13. The monoisotopic (exact) mass is 355 g/mol. The summed E-state index contributed by atoms with van der Waals surface area (Å²) >= 11 is 1.19. The van der Waals surface area contributed by atoms with Crippen molar-refractivity contribution in [1.29, 1.82) is 0 Å². The first-order valence-electron chi connectivity index (χ1n) is 7.63. The van der Waals surface area contributed by atoms with Gasteiger partial charge >= 0.3 is 6.09 Å². The van der Waals surface area contributed by atoms with Crippen LogP contribution < -0.4 is 10.6 Å². The third-order valence-corrected chi connectivity index (χ3v) is 4.71. The average molecular weight is 355 g/mol. The van der Waals surface area contributed by atoms with Crippen LogP contribution in [0.5, 0.6) is 0 Å². The lowest BCUT2D eigenvalue weighted by atomic mass is 10.0. The number of carbonyl (C=O) groups excluding carboxylic acids is 1. The van der Waals surface area contributed by atoms with Crippen molar-refractivity contribution in [3.63, 3.8) is 0 Å². The molecule has 7 heteroatoms. The van der Waals surface area contributed by atoms with Crippen LogP contribution >= 0.6 is 11.3 Å². The summed E-state index contributed by atoms with van der Waals surface area (Å²) in [7, 11) is 0. The Morgan fingerprint density at radius 3 is 2.36 bits per heavy atom. The Hall–Kier alpha value is -2.93. The number of carbonyl (C=O) groups is 2. The highest BCUT2D eigenvalue weighted by molar-refractivity contribution is 7.22. The summed E-state index contributed by atoms with van der Waals surface area (Å²) in [4.78, 5) is 27.5. The molecule has 2 aromatic carbocycles. The molecule has 0 spiro atoms. The molecule has 0 unspecified atom stereocenters. The lowest BCUT2D eigenvalue weighted by Gasteiger charge is -2.12. The van der Waals surface area contributed by atoms with Crippen molar-refractivity contribution >= 4 is 44.4 Å². The Morgan fingerprint density at radius 2 is 1.72 bits per heavy atom. The van der Waals surface area contributed by atoms with Crippen molar-refractivity contribution in [2.24, 2.45) is 0 Å². The van der Waals surface area contributed by atoms with Crippen LogP contribution in [0, 0.1) is 20.8 Å². The molecule has 6 nitrogen and oxygen atoms in total. The van der Waals surface area contributed by atoms with Gasteiger partial charge in [0.05, 0.1) is 10.2 Å². The van der Waals surface area contributed by atoms with Crippen LogP contribution in [-0.4, -0.2) is 22.1 Å². The first-order chi connectivity index (χ1) is 11.8. The molecule has 128 valence electrons. The minimum Gasteiger partial charge on any atom is -0.465 e.